The van der Waals surface area contributed by atoms with Crippen molar-refractivity contribution in [2.45, 2.75) is 38.5 Å². The lowest BCUT2D eigenvalue weighted by Gasteiger charge is -2.40. The van der Waals surface area contributed by atoms with Crippen LogP contribution < -0.4 is 5.32 Å². The molecule has 2 atom stereocenters. The van der Waals surface area contributed by atoms with E-state index in [4.69, 9.17) is 27.9 Å². The Morgan fingerprint density at radius 3 is 2.55 bits per heavy atom. The summed E-state index contributed by atoms with van der Waals surface area (Å²) in [6.07, 6.45) is 0.797. The number of halogens is 2. The van der Waals surface area contributed by atoms with Gasteiger partial charge in [0.25, 0.3) is 5.91 Å². The number of benzene rings is 1. The van der Waals surface area contributed by atoms with Crippen LogP contribution >= 0.6 is 23.2 Å². The van der Waals surface area contributed by atoms with E-state index in [1.54, 1.807) is 25.3 Å². The molecule has 6 heteroatoms. The van der Waals surface area contributed by atoms with E-state index in [0.717, 1.165) is 19.5 Å². The normalized spacial score (nSPS) is 22.8. The fourth-order valence-electron chi connectivity index (χ4n) is 2.77. The second kappa shape index (κ2) is 7.64. The van der Waals surface area contributed by atoms with E-state index >= 15 is 0 Å². The molecule has 0 unspecified atom stereocenters. The van der Waals surface area contributed by atoms with Gasteiger partial charge in [0.1, 0.15) is 0 Å². The van der Waals surface area contributed by atoms with Gasteiger partial charge < -0.3 is 10.1 Å². The summed E-state index contributed by atoms with van der Waals surface area (Å²) < 4.78 is 5.56. The van der Waals surface area contributed by atoms with E-state index in [2.05, 4.69) is 24.1 Å². The molecule has 1 amide bonds. The first-order valence-electron chi connectivity index (χ1n) is 7.45. The summed E-state index contributed by atoms with van der Waals surface area (Å²) in [5, 5.41) is 3.74. The summed E-state index contributed by atoms with van der Waals surface area (Å²) in [6.45, 7) is 6.05. The van der Waals surface area contributed by atoms with E-state index in [0.29, 0.717) is 21.7 Å². The van der Waals surface area contributed by atoms with Crippen molar-refractivity contribution in [3.8, 4) is 0 Å². The number of hydrogen-bond donors (Lipinski definition) is 1. The van der Waals surface area contributed by atoms with Crippen molar-refractivity contribution < 1.29 is 9.53 Å². The van der Waals surface area contributed by atoms with Gasteiger partial charge in [0.15, 0.2) is 0 Å². The zero-order chi connectivity index (χ0) is 16.3. The van der Waals surface area contributed by atoms with Gasteiger partial charge in [-0.15, -0.1) is 0 Å². The number of nitrogens with zero attached hydrogens (tertiary/aromatic N) is 1. The van der Waals surface area contributed by atoms with Gasteiger partial charge in [0.05, 0.1) is 27.8 Å². The molecule has 2 rings (SSSR count). The highest BCUT2D eigenvalue weighted by Crippen LogP contribution is 2.25. The number of methoxy groups -OCH3 is 1. The minimum Gasteiger partial charge on any atom is -0.378 e. The molecule has 1 heterocycles. The Morgan fingerprint density at radius 1 is 1.36 bits per heavy atom. The molecule has 1 aliphatic heterocycles. The number of amides is 1. The third-order valence-corrected chi connectivity index (χ3v) is 4.76. The van der Waals surface area contributed by atoms with E-state index < -0.39 is 0 Å². The summed E-state index contributed by atoms with van der Waals surface area (Å²) in [5.74, 6) is -0.249. The largest absolute Gasteiger partial charge is 0.378 e. The third-order valence-electron chi connectivity index (χ3n) is 4.13. The molecular weight excluding hydrogens is 323 g/mol. The SMILES string of the molecule is CO[C@H]1CN(C(C)C)CC[C@H]1NC(=O)c1c(Cl)cccc1Cl. The molecule has 0 aromatic heterocycles. The average molecular weight is 345 g/mol. The molecule has 1 aromatic carbocycles. The van der Waals surface area contributed by atoms with E-state index in [-0.39, 0.29) is 18.1 Å². The first kappa shape index (κ1) is 17.5. The molecule has 0 radical (unpaired) electrons. The van der Waals surface area contributed by atoms with E-state index in [9.17, 15) is 4.79 Å². The average Bonchev–Trinajstić information content (AvgIpc) is 2.47. The summed E-state index contributed by atoms with van der Waals surface area (Å²) in [6, 6.07) is 5.47. The highest BCUT2D eigenvalue weighted by atomic mass is 35.5. The number of ether oxygens (including phenoxy) is 1. The van der Waals surface area contributed by atoms with Gasteiger partial charge >= 0.3 is 0 Å². The maximum Gasteiger partial charge on any atom is 0.254 e. The second-order valence-electron chi connectivity index (χ2n) is 5.83. The Labute approximate surface area is 141 Å². The Balaban J connectivity index is 2.08. The lowest BCUT2D eigenvalue weighted by molar-refractivity contribution is -0.00285. The number of hydrogen-bond acceptors (Lipinski definition) is 3. The fraction of sp³-hybridized carbons (Fsp3) is 0.562. The molecule has 0 aliphatic carbocycles. The smallest absolute Gasteiger partial charge is 0.254 e. The predicted octanol–water partition coefficient (Wildman–Crippen LogP) is 3.22. The summed E-state index contributed by atoms with van der Waals surface area (Å²) in [4.78, 5) is 14.8. The maximum atomic E-state index is 12.5. The topological polar surface area (TPSA) is 41.6 Å². The molecule has 1 saturated heterocycles. The van der Waals surface area contributed by atoms with Crippen LogP contribution in [0.25, 0.3) is 0 Å². The van der Waals surface area contributed by atoms with Crippen molar-refractivity contribution >= 4 is 29.1 Å². The molecule has 22 heavy (non-hydrogen) atoms. The van der Waals surface area contributed by atoms with Crippen LogP contribution in [0.15, 0.2) is 18.2 Å². The third kappa shape index (κ3) is 3.93. The van der Waals surface area contributed by atoms with E-state index in [1.807, 2.05) is 0 Å². The number of piperidine rings is 1. The second-order valence-corrected chi connectivity index (χ2v) is 6.64. The van der Waals surface area contributed by atoms with Crippen molar-refractivity contribution in [1.29, 1.82) is 0 Å². The van der Waals surface area contributed by atoms with Gasteiger partial charge in [-0.05, 0) is 32.4 Å². The number of nitrogens with one attached hydrogen (secondary N) is 1. The monoisotopic (exact) mass is 344 g/mol. The van der Waals surface area contributed by atoms with Crippen LogP contribution in [-0.2, 0) is 4.74 Å². The fourth-order valence-corrected chi connectivity index (χ4v) is 3.34. The molecule has 0 saturated carbocycles. The summed E-state index contributed by atoms with van der Waals surface area (Å²) >= 11 is 12.2. The highest BCUT2D eigenvalue weighted by Gasteiger charge is 2.32. The van der Waals surface area contributed by atoms with Gasteiger partial charge in [-0.25, -0.2) is 0 Å². The molecule has 122 valence electrons. The number of rotatable bonds is 4. The minimum absolute atomic E-state index is 0.0404. The lowest BCUT2D eigenvalue weighted by atomic mass is 10.00. The van der Waals surface area contributed by atoms with Crippen LogP contribution in [0.4, 0.5) is 0 Å². The van der Waals surface area contributed by atoms with Crippen molar-refractivity contribution in [2.75, 3.05) is 20.2 Å². The molecule has 1 N–H and O–H groups in total. The quantitative estimate of drug-likeness (QED) is 0.911. The van der Waals surface area contributed by atoms with Crippen LogP contribution in [0, 0.1) is 0 Å². The van der Waals surface area contributed by atoms with Crippen LogP contribution in [0.5, 0.6) is 0 Å². The zero-order valence-corrected chi connectivity index (χ0v) is 14.6. The first-order valence-corrected chi connectivity index (χ1v) is 8.21. The number of carbonyl (C=O) groups is 1. The molecular formula is C16H22Cl2N2O2. The first-order chi connectivity index (χ1) is 10.4. The van der Waals surface area contributed by atoms with Crippen molar-refractivity contribution in [2.24, 2.45) is 0 Å². The van der Waals surface area contributed by atoms with Crippen molar-refractivity contribution in [3.05, 3.63) is 33.8 Å². The van der Waals surface area contributed by atoms with Gasteiger partial charge in [0.2, 0.25) is 0 Å². The van der Waals surface area contributed by atoms with Crippen molar-refractivity contribution in [3.63, 3.8) is 0 Å². The van der Waals surface area contributed by atoms with Crippen LogP contribution in [0.1, 0.15) is 30.6 Å². The molecule has 1 fully saturated rings. The Kier molecular flexibility index (Phi) is 6.09. The van der Waals surface area contributed by atoms with Gasteiger partial charge in [0, 0.05) is 26.2 Å². The molecule has 4 nitrogen and oxygen atoms in total. The Hall–Kier alpha value is -0.810. The van der Waals surface area contributed by atoms with Gasteiger partial charge in [-0.3, -0.25) is 9.69 Å². The number of carbonyl (C=O) groups excluding carboxylic acids is 1. The zero-order valence-electron chi connectivity index (χ0n) is 13.1. The summed E-state index contributed by atoms with van der Waals surface area (Å²) in [5.41, 5.74) is 0.326. The summed E-state index contributed by atoms with van der Waals surface area (Å²) in [7, 11) is 1.68. The van der Waals surface area contributed by atoms with Crippen LogP contribution in [-0.4, -0.2) is 49.2 Å². The Bertz CT molecular complexity index is 517. The minimum atomic E-state index is -0.249. The standard InChI is InChI=1S/C16H22Cl2N2O2/c1-10(2)20-8-7-13(14(9-20)22-3)19-16(21)15-11(17)5-4-6-12(15)18/h4-6,10,13-14H,7-9H2,1-3H3,(H,19,21)/t13-,14+/m1/s1. The van der Waals surface area contributed by atoms with Crippen LogP contribution in [0.3, 0.4) is 0 Å². The van der Waals surface area contributed by atoms with Crippen molar-refractivity contribution in [1.82, 2.24) is 10.2 Å². The van der Waals surface area contributed by atoms with Gasteiger partial charge in [-0.1, -0.05) is 29.3 Å². The maximum absolute atomic E-state index is 12.5. The van der Waals surface area contributed by atoms with Gasteiger partial charge in [-0.2, -0.15) is 0 Å². The molecule has 0 spiro atoms. The predicted molar refractivity (Wildman–Crippen MR) is 89.8 cm³/mol. The Morgan fingerprint density at radius 2 is 2.00 bits per heavy atom. The lowest BCUT2D eigenvalue weighted by Crippen LogP contribution is -2.56. The molecule has 0 bridgehead atoms. The van der Waals surface area contributed by atoms with E-state index in [1.165, 1.54) is 0 Å². The number of likely N-dealkylation sites (tertiary alicyclic amines) is 1. The highest BCUT2D eigenvalue weighted by molar-refractivity contribution is 6.39. The molecule has 1 aliphatic rings. The molecule has 1 aromatic rings. The van der Waals surface area contributed by atoms with Crippen LogP contribution in [0.2, 0.25) is 10.0 Å².